The van der Waals surface area contributed by atoms with Crippen molar-refractivity contribution in [3.63, 3.8) is 0 Å². The Balaban J connectivity index is 1.51. The van der Waals surface area contributed by atoms with Crippen molar-refractivity contribution in [1.29, 1.82) is 0 Å². The Morgan fingerprint density at radius 2 is 1.86 bits per heavy atom. The minimum Gasteiger partial charge on any atom is -0.356 e. The average molecular weight is 289 g/mol. The molecule has 1 fully saturated rings. The Labute approximate surface area is 128 Å². The Morgan fingerprint density at radius 3 is 2.57 bits per heavy atom. The van der Waals surface area contributed by atoms with Crippen molar-refractivity contribution in [2.75, 3.05) is 46.3 Å². The number of benzene rings is 1. The highest BCUT2D eigenvalue weighted by Crippen LogP contribution is 2.02. The van der Waals surface area contributed by atoms with Gasteiger partial charge in [0.1, 0.15) is 0 Å². The summed E-state index contributed by atoms with van der Waals surface area (Å²) in [5.74, 6) is 0.164. The molecule has 1 aromatic carbocycles. The molecule has 0 unspecified atom stereocenters. The highest BCUT2D eigenvalue weighted by atomic mass is 16.1. The van der Waals surface area contributed by atoms with Gasteiger partial charge in [-0.2, -0.15) is 0 Å². The third kappa shape index (κ3) is 6.27. The Kier molecular flexibility index (Phi) is 6.70. The highest BCUT2D eigenvalue weighted by molar-refractivity contribution is 5.76. The molecular weight excluding hydrogens is 262 g/mol. The third-order valence-corrected chi connectivity index (χ3v) is 4.05. The molecule has 4 heteroatoms. The summed E-state index contributed by atoms with van der Waals surface area (Å²) in [7, 11) is 2.17. The van der Waals surface area contributed by atoms with Crippen molar-refractivity contribution in [3.8, 4) is 0 Å². The first-order valence-electron chi connectivity index (χ1n) is 7.95. The number of hydrogen-bond acceptors (Lipinski definition) is 3. The second kappa shape index (κ2) is 8.80. The van der Waals surface area contributed by atoms with Gasteiger partial charge in [-0.05, 0) is 32.0 Å². The van der Waals surface area contributed by atoms with Crippen molar-refractivity contribution in [1.82, 2.24) is 15.1 Å². The standard InChI is InChI=1S/C17H27N3O/c1-19-12-14-20(15-13-19)11-5-10-18-17(21)9-8-16-6-3-2-4-7-16/h2-4,6-7H,5,8-15H2,1H3,(H,18,21). The lowest BCUT2D eigenvalue weighted by molar-refractivity contribution is -0.121. The molecule has 1 aliphatic rings. The molecule has 1 amide bonds. The van der Waals surface area contributed by atoms with Crippen LogP contribution in [0.1, 0.15) is 18.4 Å². The van der Waals surface area contributed by atoms with E-state index in [1.165, 1.54) is 5.56 Å². The summed E-state index contributed by atoms with van der Waals surface area (Å²) in [5.41, 5.74) is 1.23. The van der Waals surface area contributed by atoms with Crippen LogP contribution in [-0.2, 0) is 11.2 Å². The topological polar surface area (TPSA) is 35.6 Å². The van der Waals surface area contributed by atoms with E-state index in [0.29, 0.717) is 6.42 Å². The minimum atomic E-state index is 0.164. The highest BCUT2D eigenvalue weighted by Gasteiger charge is 2.12. The van der Waals surface area contributed by atoms with Crippen LogP contribution in [0.4, 0.5) is 0 Å². The molecular formula is C17H27N3O. The molecule has 2 rings (SSSR count). The van der Waals surface area contributed by atoms with Crippen LogP contribution in [0, 0.1) is 0 Å². The third-order valence-electron chi connectivity index (χ3n) is 4.05. The number of rotatable bonds is 7. The predicted octanol–water partition coefficient (Wildman–Crippen LogP) is 1.37. The number of piperazine rings is 1. The minimum absolute atomic E-state index is 0.164. The fraction of sp³-hybridized carbons (Fsp3) is 0.588. The van der Waals surface area contributed by atoms with Crippen LogP contribution < -0.4 is 5.32 Å². The first-order chi connectivity index (χ1) is 10.2. The van der Waals surface area contributed by atoms with Gasteiger partial charge in [-0.3, -0.25) is 4.79 Å². The van der Waals surface area contributed by atoms with Gasteiger partial charge in [-0.25, -0.2) is 0 Å². The van der Waals surface area contributed by atoms with Crippen molar-refractivity contribution < 1.29 is 4.79 Å². The van der Waals surface area contributed by atoms with E-state index in [1.54, 1.807) is 0 Å². The van der Waals surface area contributed by atoms with Crippen LogP contribution in [0.2, 0.25) is 0 Å². The van der Waals surface area contributed by atoms with Crippen LogP contribution in [0.25, 0.3) is 0 Å². The van der Waals surface area contributed by atoms with Gasteiger partial charge in [0.25, 0.3) is 0 Å². The van der Waals surface area contributed by atoms with E-state index in [4.69, 9.17) is 0 Å². The molecule has 1 N–H and O–H groups in total. The monoisotopic (exact) mass is 289 g/mol. The number of aryl methyl sites for hydroxylation is 1. The number of nitrogens with zero attached hydrogens (tertiary/aromatic N) is 2. The lowest BCUT2D eigenvalue weighted by Crippen LogP contribution is -2.45. The molecule has 0 radical (unpaired) electrons. The molecule has 0 spiro atoms. The zero-order valence-corrected chi connectivity index (χ0v) is 13.1. The smallest absolute Gasteiger partial charge is 0.220 e. The summed E-state index contributed by atoms with van der Waals surface area (Å²) in [4.78, 5) is 16.6. The fourth-order valence-corrected chi connectivity index (χ4v) is 2.59. The largest absolute Gasteiger partial charge is 0.356 e. The van der Waals surface area contributed by atoms with Crippen molar-refractivity contribution in [3.05, 3.63) is 35.9 Å². The van der Waals surface area contributed by atoms with Gasteiger partial charge >= 0.3 is 0 Å². The van der Waals surface area contributed by atoms with Gasteiger partial charge in [0.2, 0.25) is 5.91 Å². The maximum absolute atomic E-state index is 11.8. The maximum Gasteiger partial charge on any atom is 0.220 e. The van der Waals surface area contributed by atoms with Crippen LogP contribution in [0.15, 0.2) is 30.3 Å². The van der Waals surface area contributed by atoms with Gasteiger partial charge in [0.15, 0.2) is 0 Å². The molecule has 0 aromatic heterocycles. The molecule has 0 aliphatic carbocycles. The van der Waals surface area contributed by atoms with Crippen molar-refractivity contribution in [2.24, 2.45) is 0 Å². The van der Waals surface area contributed by atoms with Crippen molar-refractivity contribution >= 4 is 5.91 Å². The summed E-state index contributed by atoms with van der Waals surface area (Å²) < 4.78 is 0. The van der Waals surface area contributed by atoms with Gasteiger partial charge in [0, 0.05) is 39.1 Å². The summed E-state index contributed by atoms with van der Waals surface area (Å²) in [6.07, 6.45) is 2.45. The quantitative estimate of drug-likeness (QED) is 0.770. The van der Waals surface area contributed by atoms with E-state index in [1.807, 2.05) is 18.2 Å². The zero-order chi connectivity index (χ0) is 14.9. The predicted molar refractivity (Wildman–Crippen MR) is 86.3 cm³/mol. The summed E-state index contributed by atoms with van der Waals surface area (Å²) in [5, 5.41) is 3.03. The molecule has 1 aliphatic heterocycles. The number of likely N-dealkylation sites (N-methyl/N-ethyl adjacent to an activating group) is 1. The second-order valence-corrected chi connectivity index (χ2v) is 5.83. The molecule has 0 bridgehead atoms. The zero-order valence-electron chi connectivity index (χ0n) is 13.1. The molecule has 0 atom stereocenters. The van der Waals surface area contributed by atoms with Gasteiger partial charge in [-0.1, -0.05) is 30.3 Å². The van der Waals surface area contributed by atoms with Gasteiger partial charge < -0.3 is 15.1 Å². The SMILES string of the molecule is CN1CCN(CCCNC(=O)CCc2ccccc2)CC1. The van der Waals surface area contributed by atoms with Crippen LogP contribution in [-0.4, -0.2) is 62.0 Å². The summed E-state index contributed by atoms with van der Waals surface area (Å²) >= 11 is 0. The van der Waals surface area contributed by atoms with E-state index in [9.17, 15) is 4.79 Å². The van der Waals surface area contributed by atoms with Gasteiger partial charge in [0.05, 0.1) is 0 Å². The number of nitrogens with one attached hydrogen (secondary N) is 1. The summed E-state index contributed by atoms with van der Waals surface area (Å²) in [6, 6.07) is 10.2. The lowest BCUT2D eigenvalue weighted by atomic mass is 10.1. The molecule has 116 valence electrons. The van der Waals surface area contributed by atoms with E-state index in [2.05, 4.69) is 34.3 Å². The number of carbonyl (C=O) groups is 1. The fourth-order valence-electron chi connectivity index (χ4n) is 2.59. The summed E-state index contributed by atoms with van der Waals surface area (Å²) in [6.45, 7) is 6.50. The van der Waals surface area contributed by atoms with E-state index in [0.717, 1.165) is 52.1 Å². The maximum atomic E-state index is 11.8. The first kappa shape index (κ1) is 16.0. The number of carbonyl (C=O) groups excluding carboxylic acids is 1. The Hall–Kier alpha value is -1.39. The van der Waals surface area contributed by atoms with Crippen LogP contribution >= 0.6 is 0 Å². The molecule has 0 saturated carbocycles. The Morgan fingerprint density at radius 1 is 1.14 bits per heavy atom. The van der Waals surface area contributed by atoms with Crippen molar-refractivity contribution in [2.45, 2.75) is 19.3 Å². The lowest BCUT2D eigenvalue weighted by Gasteiger charge is -2.32. The van der Waals surface area contributed by atoms with Gasteiger partial charge in [-0.15, -0.1) is 0 Å². The first-order valence-corrected chi connectivity index (χ1v) is 7.95. The van der Waals surface area contributed by atoms with Crippen LogP contribution in [0.3, 0.4) is 0 Å². The normalized spacial score (nSPS) is 16.8. The number of hydrogen-bond donors (Lipinski definition) is 1. The molecule has 1 saturated heterocycles. The van der Waals surface area contributed by atoms with E-state index in [-0.39, 0.29) is 5.91 Å². The van der Waals surface area contributed by atoms with Crippen LogP contribution in [0.5, 0.6) is 0 Å². The molecule has 4 nitrogen and oxygen atoms in total. The molecule has 1 aromatic rings. The second-order valence-electron chi connectivity index (χ2n) is 5.83. The van der Waals surface area contributed by atoms with E-state index >= 15 is 0 Å². The molecule has 21 heavy (non-hydrogen) atoms. The Bertz CT molecular complexity index is 413. The number of amides is 1. The average Bonchev–Trinajstić information content (AvgIpc) is 2.52. The molecule has 1 heterocycles. The van der Waals surface area contributed by atoms with E-state index < -0.39 is 0 Å².